The van der Waals surface area contributed by atoms with Gasteiger partial charge in [-0.05, 0) is 19.8 Å². The van der Waals surface area contributed by atoms with Crippen LogP contribution in [0.25, 0.3) is 0 Å². The van der Waals surface area contributed by atoms with Crippen molar-refractivity contribution in [1.82, 2.24) is 9.97 Å². The Hall–Kier alpha value is -2.99. The van der Waals surface area contributed by atoms with Crippen LogP contribution in [0.3, 0.4) is 0 Å². The highest BCUT2D eigenvalue weighted by Gasteiger charge is 2.32. The standard InChI is InChI=1S/C19H29N5O7/c1-8(18(29)30)5-13(25)12(20)3-4-14(26)31-9(2)15(27)10-6-11-16(22-7-10)23-19(21)24-17(11)28/h8-10,12,15,27H,3-7,20H2,1-2H3,(H,29,30)(H4,21,22,23,24,28)/t8-,9+,10-,12-,15+/m1/s1. The number of H-pyrrole nitrogens is 1. The molecule has 0 aliphatic carbocycles. The molecular weight excluding hydrogens is 410 g/mol. The first-order valence-corrected chi connectivity index (χ1v) is 10.0. The predicted octanol–water partition coefficient (Wildman–Crippen LogP) is -0.984. The van der Waals surface area contributed by atoms with Gasteiger partial charge in [0.2, 0.25) is 5.95 Å². The van der Waals surface area contributed by atoms with Gasteiger partial charge in [-0.15, -0.1) is 0 Å². The third kappa shape index (κ3) is 6.49. The van der Waals surface area contributed by atoms with Crippen molar-refractivity contribution in [2.75, 3.05) is 17.6 Å². The van der Waals surface area contributed by atoms with Gasteiger partial charge in [0.1, 0.15) is 17.7 Å². The lowest BCUT2D eigenvalue weighted by Gasteiger charge is -2.31. The summed E-state index contributed by atoms with van der Waals surface area (Å²) in [6.07, 6.45) is -2.03. The minimum Gasteiger partial charge on any atom is -0.481 e. The summed E-state index contributed by atoms with van der Waals surface area (Å²) in [6, 6.07) is -0.972. The average molecular weight is 439 g/mol. The number of anilines is 2. The number of nitrogens with two attached hydrogens (primary N) is 2. The number of aromatic amines is 1. The molecule has 1 aromatic rings. The number of aliphatic hydroxyl groups excluding tert-OH is 1. The van der Waals surface area contributed by atoms with Crippen molar-refractivity contribution >= 4 is 29.5 Å². The molecule has 0 aromatic carbocycles. The fourth-order valence-electron chi connectivity index (χ4n) is 3.35. The second-order valence-electron chi connectivity index (χ2n) is 7.86. The maximum atomic E-state index is 12.1. The van der Waals surface area contributed by atoms with Crippen molar-refractivity contribution in [2.45, 2.75) is 57.8 Å². The topological polar surface area (TPSA) is 211 Å². The van der Waals surface area contributed by atoms with E-state index in [0.717, 1.165) is 0 Å². The van der Waals surface area contributed by atoms with Crippen LogP contribution in [0, 0.1) is 11.8 Å². The summed E-state index contributed by atoms with van der Waals surface area (Å²) in [4.78, 5) is 53.3. The van der Waals surface area contributed by atoms with E-state index in [9.17, 15) is 24.3 Å². The lowest BCUT2D eigenvalue weighted by atomic mass is 9.89. The van der Waals surface area contributed by atoms with E-state index in [4.69, 9.17) is 21.3 Å². The number of aromatic nitrogens is 2. The first-order valence-electron chi connectivity index (χ1n) is 10.0. The summed E-state index contributed by atoms with van der Waals surface area (Å²) in [5, 5.41) is 22.4. The Morgan fingerprint density at radius 1 is 1.32 bits per heavy atom. The molecule has 0 unspecified atom stereocenters. The lowest BCUT2D eigenvalue weighted by Crippen LogP contribution is -2.43. The van der Waals surface area contributed by atoms with Crippen molar-refractivity contribution in [3.05, 3.63) is 15.9 Å². The summed E-state index contributed by atoms with van der Waals surface area (Å²) >= 11 is 0. The van der Waals surface area contributed by atoms with Gasteiger partial charge in [0.25, 0.3) is 5.56 Å². The first kappa shape index (κ1) is 24.3. The Labute approximate surface area is 178 Å². The van der Waals surface area contributed by atoms with Gasteiger partial charge in [-0.25, -0.2) is 0 Å². The summed E-state index contributed by atoms with van der Waals surface area (Å²) in [5.41, 5.74) is 11.2. The maximum absolute atomic E-state index is 12.1. The zero-order chi connectivity index (χ0) is 23.3. The zero-order valence-corrected chi connectivity index (χ0v) is 17.5. The number of nitrogens with one attached hydrogen (secondary N) is 2. The lowest BCUT2D eigenvalue weighted by molar-refractivity contribution is -0.155. The summed E-state index contributed by atoms with van der Waals surface area (Å²) in [5.74, 6) is -3.07. The van der Waals surface area contributed by atoms with Crippen LogP contribution in [0.2, 0.25) is 0 Å². The minimum absolute atomic E-state index is 0.00759. The van der Waals surface area contributed by atoms with Gasteiger partial charge in [-0.1, -0.05) is 6.92 Å². The number of nitrogens with zero attached hydrogens (tertiary/aromatic N) is 1. The number of Topliss-reactive ketones (excluding diaryl/α,β-unsaturated/α-hetero) is 1. The molecule has 172 valence electrons. The average Bonchev–Trinajstić information content (AvgIpc) is 2.70. The van der Waals surface area contributed by atoms with Crippen LogP contribution >= 0.6 is 0 Å². The number of ether oxygens (including phenoxy) is 1. The van der Waals surface area contributed by atoms with Gasteiger partial charge < -0.3 is 31.7 Å². The Morgan fingerprint density at radius 3 is 2.65 bits per heavy atom. The van der Waals surface area contributed by atoms with E-state index in [1.807, 2.05) is 0 Å². The Balaban J connectivity index is 1.83. The smallest absolute Gasteiger partial charge is 0.306 e. The number of esters is 1. The van der Waals surface area contributed by atoms with Gasteiger partial charge in [-0.3, -0.25) is 24.2 Å². The fourth-order valence-corrected chi connectivity index (χ4v) is 3.35. The molecule has 0 amide bonds. The van der Waals surface area contributed by atoms with Crippen molar-refractivity contribution in [3.8, 4) is 0 Å². The number of rotatable bonds is 10. The highest BCUT2D eigenvalue weighted by molar-refractivity contribution is 5.87. The van der Waals surface area contributed by atoms with Crippen LogP contribution in [0.15, 0.2) is 4.79 Å². The maximum Gasteiger partial charge on any atom is 0.306 e. The third-order valence-corrected chi connectivity index (χ3v) is 5.32. The number of nitrogen functional groups attached to an aromatic ring is 1. The van der Waals surface area contributed by atoms with Crippen LogP contribution in [-0.4, -0.2) is 62.7 Å². The Bertz CT molecular complexity index is 887. The summed E-state index contributed by atoms with van der Waals surface area (Å²) in [6.45, 7) is 3.25. The molecule has 12 nitrogen and oxygen atoms in total. The first-order chi connectivity index (χ1) is 14.5. The number of carboxylic acids is 1. The number of hydrogen-bond donors (Lipinski definition) is 6. The zero-order valence-electron chi connectivity index (χ0n) is 17.5. The number of aliphatic carboxylic acids is 1. The Morgan fingerprint density at radius 2 is 2.00 bits per heavy atom. The molecule has 1 aliphatic rings. The number of carboxylic acid groups (broad SMARTS) is 1. The second kappa shape index (κ2) is 10.4. The van der Waals surface area contributed by atoms with Gasteiger partial charge in [-0.2, -0.15) is 4.98 Å². The van der Waals surface area contributed by atoms with Crippen molar-refractivity contribution in [3.63, 3.8) is 0 Å². The molecule has 31 heavy (non-hydrogen) atoms. The largest absolute Gasteiger partial charge is 0.481 e. The number of aliphatic hydroxyl groups is 1. The molecule has 2 rings (SSSR count). The molecule has 8 N–H and O–H groups in total. The highest BCUT2D eigenvalue weighted by Crippen LogP contribution is 2.24. The molecule has 0 bridgehead atoms. The molecule has 1 aliphatic heterocycles. The molecule has 0 saturated heterocycles. The Kier molecular flexibility index (Phi) is 8.11. The van der Waals surface area contributed by atoms with E-state index in [2.05, 4.69) is 15.3 Å². The molecule has 0 saturated carbocycles. The van der Waals surface area contributed by atoms with E-state index >= 15 is 0 Å². The molecular formula is C19H29N5O7. The normalized spacial score (nSPS) is 19.3. The molecule has 0 radical (unpaired) electrons. The molecule has 12 heteroatoms. The van der Waals surface area contributed by atoms with E-state index in [-0.39, 0.29) is 31.6 Å². The number of carbonyl (C=O) groups excluding carboxylic acids is 2. The fraction of sp³-hybridized carbons (Fsp3) is 0.632. The number of fused-ring (bicyclic) bond motifs is 1. The van der Waals surface area contributed by atoms with E-state index in [1.54, 1.807) is 0 Å². The van der Waals surface area contributed by atoms with Gasteiger partial charge in [0.15, 0.2) is 0 Å². The SMILES string of the molecule is C[C@H](CC(=O)[C@H](N)CCC(=O)O[C@@H](C)[C@H](O)[C@H]1CNc2nc(N)[nH]c(=O)c2C1)C(=O)O. The van der Waals surface area contributed by atoms with Crippen molar-refractivity contribution < 1.29 is 29.3 Å². The van der Waals surface area contributed by atoms with Crippen molar-refractivity contribution in [2.24, 2.45) is 17.6 Å². The number of ketones is 1. The number of hydrogen-bond acceptors (Lipinski definition) is 10. The third-order valence-electron chi connectivity index (χ3n) is 5.32. The van der Waals surface area contributed by atoms with E-state index in [0.29, 0.717) is 17.9 Å². The second-order valence-corrected chi connectivity index (χ2v) is 7.86. The molecule has 0 fully saturated rings. The highest BCUT2D eigenvalue weighted by atomic mass is 16.6. The van der Waals surface area contributed by atoms with Gasteiger partial charge in [0.05, 0.1) is 23.6 Å². The van der Waals surface area contributed by atoms with E-state index < -0.39 is 53.4 Å². The summed E-state index contributed by atoms with van der Waals surface area (Å²) in [7, 11) is 0. The summed E-state index contributed by atoms with van der Waals surface area (Å²) < 4.78 is 5.25. The van der Waals surface area contributed by atoms with Crippen LogP contribution < -0.4 is 22.3 Å². The minimum atomic E-state index is -1.09. The van der Waals surface area contributed by atoms with E-state index in [1.165, 1.54) is 13.8 Å². The van der Waals surface area contributed by atoms with Gasteiger partial charge in [0, 0.05) is 25.3 Å². The molecule has 1 aromatic heterocycles. The van der Waals surface area contributed by atoms with Crippen LogP contribution in [0.5, 0.6) is 0 Å². The predicted molar refractivity (Wildman–Crippen MR) is 110 cm³/mol. The quantitative estimate of drug-likeness (QED) is 0.244. The van der Waals surface area contributed by atoms with Crippen LogP contribution in [0.4, 0.5) is 11.8 Å². The van der Waals surface area contributed by atoms with Crippen LogP contribution in [-0.2, 0) is 25.5 Å². The van der Waals surface area contributed by atoms with Crippen molar-refractivity contribution in [1.29, 1.82) is 0 Å². The molecule has 5 atom stereocenters. The molecule has 0 spiro atoms. The monoisotopic (exact) mass is 439 g/mol. The molecule has 2 heterocycles. The van der Waals surface area contributed by atoms with Crippen LogP contribution in [0.1, 0.15) is 38.7 Å². The number of carbonyl (C=O) groups is 3. The van der Waals surface area contributed by atoms with Gasteiger partial charge >= 0.3 is 11.9 Å².